The Hall–Kier alpha value is -1.99. The number of piperazine rings is 1. The molecule has 0 radical (unpaired) electrons. The van der Waals surface area contributed by atoms with Crippen LogP contribution in [-0.2, 0) is 4.79 Å². The van der Waals surface area contributed by atoms with Crippen LogP contribution in [0.2, 0.25) is 0 Å². The summed E-state index contributed by atoms with van der Waals surface area (Å²) < 4.78 is 0. The summed E-state index contributed by atoms with van der Waals surface area (Å²) in [6, 6.07) is -2.06. The van der Waals surface area contributed by atoms with E-state index in [1.54, 1.807) is 0 Å². The van der Waals surface area contributed by atoms with Crippen molar-refractivity contribution in [3.63, 3.8) is 0 Å². The van der Waals surface area contributed by atoms with Gasteiger partial charge >= 0.3 is 18.1 Å². The number of rotatable bonds is 1. The first kappa shape index (κ1) is 11.1. The minimum atomic E-state index is -1.26. The zero-order valence-electron chi connectivity index (χ0n) is 7.79. The fourth-order valence-electron chi connectivity index (χ4n) is 1.43. The molecule has 1 unspecified atom stereocenters. The predicted molar refractivity (Wildman–Crippen MR) is 47.3 cm³/mol. The van der Waals surface area contributed by atoms with Gasteiger partial charge in [-0.3, -0.25) is 0 Å². The van der Waals surface area contributed by atoms with Crippen LogP contribution in [0.15, 0.2) is 0 Å². The van der Waals surface area contributed by atoms with Gasteiger partial charge in [0.1, 0.15) is 6.04 Å². The van der Waals surface area contributed by atoms with Gasteiger partial charge in [0, 0.05) is 13.1 Å². The van der Waals surface area contributed by atoms with E-state index >= 15 is 0 Å². The van der Waals surface area contributed by atoms with Crippen molar-refractivity contribution in [3.8, 4) is 0 Å². The van der Waals surface area contributed by atoms with Gasteiger partial charge in [0.2, 0.25) is 0 Å². The lowest BCUT2D eigenvalue weighted by Crippen LogP contribution is -2.60. The van der Waals surface area contributed by atoms with Gasteiger partial charge in [0.05, 0.1) is 6.54 Å². The van der Waals surface area contributed by atoms with Crippen LogP contribution < -0.4 is 5.73 Å². The molecule has 8 heteroatoms. The van der Waals surface area contributed by atoms with Crippen LogP contribution in [0.25, 0.3) is 0 Å². The molecule has 0 bridgehead atoms. The molecule has 1 atom stereocenters. The Balaban J connectivity index is 2.78. The number of carbonyl (C=O) groups is 3. The first-order valence-corrected chi connectivity index (χ1v) is 4.20. The molecule has 15 heavy (non-hydrogen) atoms. The summed E-state index contributed by atoms with van der Waals surface area (Å²) in [5.41, 5.74) is 4.97. The molecule has 1 aliphatic heterocycles. The van der Waals surface area contributed by atoms with Gasteiger partial charge in [0.15, 0.2) is 0 Å². The molecule has 4 N–H and O–H groups in total. The normalized spacial score (nSPS) is 21.2. The number of carboxylic acids is 1. The van der Waals surface area contributed by atoms with Crippen LogP contribution in [0.1, 0.15) is 0 Å². The van der Waals surface area contributed by atoms with Crippen molar-refractivity contribution in [2.24, 2.45) is 5.73 Å². The van der Waals surface area contributed by atoms with Crippen molar-refractivity contribution in [2.45, 2.75) is 6.04 Å². The molecular formula is C7H11N3O5. The Morgan fingerprint density at radius 1 is 1.20 bits per heavy atom. The van der Waals surface area contributed by atoms with Crippen LogP contribution in [0.5, 0.6) is 0 Å². The molecule has 0 aliphatic carbocycles. The van der Waals surface area contributed by atoms with E-state index in [-0.39, 0.29) is 19.6 Å². The van der Waals surface area contributed by atoms with E-state index in [4.69, 9.17) is 15.9 Å². The second-order valence-electron chi connectivity index (χ2n) is 3.11. The van der Waals surface area contributed by atoms with E-state index in [2.05, 4.69) is 0 Å². The maximum absolute atomic E-state index is 10.9. The zero-order valence-corrected chi connectivity index (χ0v) is 7.79. The number of hydrogen-bond acceptors (Lipinski definition) is 3. The first-order valence-electron chi connectivity index (χ1n) is 4.20. The molecular weight excluding hydrogens is 206 g/mol. The third-order valence-corrected chi connectivity index (χ3v) is 2.22. The number of amides is 3. The number of urea groups is 1. The maximum Gasteiger partial charge on any atom is 0.407 e. The van der Waals surface area contributed by atoms with E-state index in [0.717, 1.165) is 9.80 Å². The van der Waals surface area contributed by atoms with Crippen LogP contribution in [-0.4, -0.2) is 63.8 Å². The van der Waals surface area contributed by atoms with Crippen LogP contribution in [0.4, 0.5) is 9.59 Å². The number of aliphatic carboxylic acids is 1. The molecule has 1 heterocycles. The minimum Gasteiger partial charge on any atom is -0.480 e. The molecule has 1 saturated heterocycles. The highest BCUT2D eigenvalue weighted by atomic mass is 16.4. The Kier molecular flexibility index (Phi) is 2.98. The fourth-order valence-corrected chi connectivity index (χ4v) is 1.43. The summed E-state index contributed by atoms with van der Waals surface area (Å²) in [4.78, 5) is 34.1. The number of hydrogen-bond donors (Lipinski definition) is 3. The summed E-state index contributed by atoms with van der Waals surface area (Å²) in [6.45, 7) is -0.186. The monoisotopic (exact) mass is 217 g/mol. The van der Waals surface area contributed by atoms with Crippen molar-refractivity contribution in [1.82, 2.24) is 9.80 Å². The molecule has 0 aromatic heterocycles. The molecule has 1 aliphatic rings. The highest BCUT2D eigenvalue weighted by molar-refractivity contribution is 5.83. The summed E-state index contributed by atoms with van der Waals surface area (Å²) in [7, 11) is 0. The summed E-state index contributed by atoms with van der Waals surface area (Å²) in [6.07, 6.45) is -1.20. The predicted octanol–water partition coefficient (Wildman–Crippen LogP) is -1.19. The Bertz CT molecular complexity index is 305. The lowest BCUT2D eigenvalue weighted by atomic mass is 10.2. The third kappa shape index (κ3) is 2.27. The van der Waals surface area contributed by atoms with Crippen LogP contribution in [0, 0.1) is 0 Å². The number of carboxylic acid groups (broad SMARTS) is 2. The first-order chi connectivity index (χ1) is 6.93. The third-order valence-electron chi connectivity index (χ3n) is 2.22. The topological polar surface area (TPSA) is 124 Å². The molecule has 0 spiro atoms. The molecule has 0 saturated carbocycles. The number of nitrogens with zero attached hydrogens (tertiary/aromatic N) is 2. The van der Waals surface area contributed by atoms with Crippen molar-refractivity contribution in [1.29, 1.82) is 0 Å². The largest absolute Gasteiger partial charge is 0.480 e. The summed E-state index contributed by atoms with van der Waals surface area (Å²) in [5, 5.41) is 17.4. The number of primary amides is 1. The van der Waals surface area contributed by atoms with Crippen molar-refractivity contribution in [3.05, 3.63) is 0 Å². The lowest BCUT2D eigenvalue weighted by molar-refractivity contribution is -0.143. The lowest BCUT2D eigenvalue weighted by Gasteiger charge is -2.36. The van der Waals surface area contributed by atoms with E-state index < -0.39 is 24.1 Å². The molecule has 8 nitrogen and oxygen atoms in total. The smallest absolute Gasteiger partial charge is 0.407 e. The second-order valence-corrected chi connectivity index (χ2v) is 3.11. The average molecular weight is 217 g/mol. The molecule has 1 fully saturated rings. The van der Waals surface area contributed by atoms with Gasteiger partial charge < -0.3 is 25.7 Å². The highest BCUT2D eigenvalue weighted by Crippen LogP contribution is 2.09. The molecule has 1 rings (SSSR count). The fraction of sp³-hybridized carbons (Fsp3) is 0.571. The van der Waals surface area contributed by atoms with Gasteiger partial charge in [-0.15, -0.1) is 0 Å². The van der Waals surface area contributed by atoms with Crippen LogP contribution >= 0.6 is 0 Å². The van der Waals surface area contributed by atoms with Crippen molar-refractivity contribution >= 4 is 18.1 Å². The molecule has 0 aromatic carbocycles. The van der Waals surface area contributed by atoms with E-state index in [1.807, 2.05) is 0 Å². The summed E-state index contributed by atoms with van der Waals surface area (Å²) in [5.74, 6) is -1.26. The molecule has 3 amide bonds. The van der Waals surface area contributed by atoms with Gasteiger partial charge in [-0.2, -0.15) is 0 Å². The summed E-state index contributed by atoms with van der Waals surface area (Å²) >= 11 is 0. The Morgan fingerprint density at radius 3 is 2.20 bits per heavy atom. The quantitative estimate of drug-likeness (QED) is 0.509. The minimum absolute atomic E-state index is 0.00139. The number of nitrogens with two attached hydrogens (primary N) is 1. The number of carbonyl (C=O) groups excluding carboxylic acids is 1. The highest BCUT2D eigenvalue weighted by Gasteiger charge is 2.35. The Morgan fingerprint density at radius 2 is 1.80 bits per heavy atom. The molecule has 84 valence electrons. The second kappa shape index (κ2) is 4.03. The zero-order chi connectivity index (χ0) is 11.6. The van der Waals surface area contributed by atoms with Crippen molar-refractivity contribution in [2.75, 3.05) is 19.6 Å². The maximum atomic E-state index is 10.9. The van der Waals surface area contributed by atoms with E-state index in [1.165, 1.54) is 0 Å². The van der Waals surface area contributed by atoms with E-state index in [0.29, 0.717) is 0 Å². The van der Waals surface area contributed by atoms with Gasteiger partial charge in [0.25, 0.3) is 0 Å². The van der Waals surface area contributed by atoms with E-state index in [9.17, 15) is 14.4 Å². The average Bonchev–Trinajstić information content (AvgIpc) is 2.16. The standard InChI is InChI=1S/C7H11N3O5/c8-6(13)10-2-1-9(7(14)15)3-4(10)5(11)12/h4H,1-3H2,(H2,8,13)(H,11,12)(H,14,15). The van der Waals surface area contributed by atoms with Gasteiger partial charge in [-0.25, -0.2) is 14.4 Å². The molecule has 0 aromatic rings. The van der Waals surface area contributed by atoms with Gasteiger partial charge in [-0.1, -0.05) is 0 Å². The van der Waals surface area contributed by atoms with Gasteiger partial charge in [-0.05, 0) is 0 Å². The Labute approximate surface area is 84.9 Å². The van der Waals surface area contributed by atoms with Crippen molar-refractivity contribution < 1.29 is 24.6 Å². The SMILES string of the molecule is NC(=O)N1CCN(C(=O)O)CC1C(=O)O. The van der Waals surface area contributed by atoms with Crippen LogP contribution in [0.3, 0.4) is 0 Å².